The fraction of sp³-hybridized carbons (Fsp3) is 0.250. The summed E-state index contributed by atoms with van der Waals surface area (Å²) in [5.41, 5.74) is 10.4. The van der Waals surface area contributed by atoms with E-state index in [4.69, 9.17) is 11.5 Å². The fourth-order valence-electron chi connectivity index (χ4n) is 0.970. The van der Waals surface area contributed by atoms with Crippen molar-refractivity contribution in [2.24, 2.45) is 0 Å². The van der Waals surface area contributed by atoms with E-state index in [1.165, 1.54) is 13.8 Å². The van der Waals surface area contributed by atoms with Crippen LogP contribution in [-0.2, 0) is 0 Å². The summed E-state index contributed by atoms with van der Waals surface area (Å²) >= 11 is 0. The molecule has 0 saturated carbocycles. The van der Waals surface area contributed by atoms with Gasteiger partial charge >= 0.3 is 0 Å². The van der Waals surface area contributed by atoms with E-state index in [-0.39, 0.29) is 22.5 Å². The molecule has 66 valence electrons. The molecule has 0 saturated heterocycles. The number of anilines is 2. The Morgan fingerprint density at radius 2 is 1.08 bits per heavy atom. The smallest absolute Gasteiger partial charge is 0.151 e. The molecule has 0 amide bonds. The Labute approximate surface area is 69.2 Å². The van der Waals surface area contributed by atoms with E-state index >= 15 is 0 Å². The van der Waals surface area contributed by atoms with Gasteiger partial charge in [-0.1, -0.05) is 0 Å². The van der Waals surface area contributed by atoms with Crippen molar-refractivity contribution >= 4 is 11.4 Å². The second kappa shape index (κ2) is 2.62. The molecular formula is C8H10F2N2. The highest BCUT2D eigenvalue weighted by Crippen LogP contribution is 2.28. The van der Waals surface area contributed by atoms with Crippen LogP contribution in [0.1, 0.15) is 11.1 Å². The lowest BCUT2D eigenvalue weighted by atomic mass is 10.1. The van der Waals surface area contributed by atoms with Crippen molar-refractivity contribution in [3.05, 3.63) is 22.8 Å². The molecule has 0 atom stereocenters. The molecule has 2 nitrogen and oxygen atoms in total. The van der Waals surface area contributed by atoms with E-state index in [9.17, 15) is 8.78 Å². The Morgan fingerprint density at radius 1 is 0.833 bits per heavy atom. The second-order valence-electron chi connectivity index (χ2n) is 2.71. The Bertz CT molecular complexity index is 229. The maximum absolute atomic E-state index is 13.1. The van der Waals surface area contributed by atoms with Crippen LogP contribution < -0.4 is 11.5 Å². The van der Waals surface area contributed by atoms with Crippen molar-refractivity contribution < 1.29 is 8.78 Å². The van der Waals surface area contributed by atoms with Crippen molar-refractivity contribution in [1.82, 2.24) is 0 Å². The van der Waals surface area contributed by atoms with Gasteiger partial charge in [-0.05, 0) is 13.8 Å². The number of halogens is 2. The zero-order valence-electron chi connectivity index (χ0n) is 6.91. The summed E-state index contributed by atoms with van der Waals surface area (Å²) in [6, 6.07) is 0. The van der Waals surface area contributed by atoms with Gasteiger partial charge in [0.05, 0.1) is 11.4 Å². The van der Waals surface area contributed by atoms with Gasteiger partial charge in [-0.2, -0.15) is 0 Å². The van der Waals surface area contributed by atoms with Gasteiger partial charge in [0.25, 0.3) is 0 Å². The van der Waals surface area contributed by atoms with E-state index in [0.29, 0.717) is 0 Å². The van der Waals surface area contributed by atoms with Gasteiger partial charge in [-0.25, -0.2) is 8.78 Å². The molecule has 0 aliphatic carbocycles. The highest BCUT2D eigenvalue weighted by Gasteiger charge is 2.15. The zero-order valence-corrected chi connectivity index (χ0v) is 6.91. The Hall–Kier alpha value is -1.32. The molecule has 1 aromatic carbocycles. The number of hydrogen-bond acceptors (Lipinski definition) is 2. The molecule has 12 heavy (non-hydrogen) atoms. The Kier molecular flexibility index (Phi) is 1.92. The van der Waals surface area contributed by atoms with E-state index in [1.807, 2.05) is 0 Å². The number of hydrogen-bond donors (Lipinski definition) is 2. The molecule has 1 rings (SSSR count). The average Bonchev–Trinajstić information content (AvgIpc) is 2.08. The first-order valence-corrected chi connectivity index (χ1v) is 3.46. The van der Waals surface area contributed by atoms with E-state index in [2.05, 4.69) is 0 Å². The number of nitrogens with two attached hydrogens (primary N) is 2. The van der Waals surface area contributed by atoms with Gasteiger partial charge in [0.2, 0.25) is 0 Å². The molecule has 4 N–H and O–H groups in total. The van der Waals surface area contributed by atoms with Crippen LogP contribution >= 0.6 is 0 Å². The standard InChI is InChI=1S/C8H10F2N2/c1-3-5(9)8(12)4(2)6(10)7(3)11/h11-12H2,1-2H3. The van der Waals surface area contributed by atoms with Gasteiger partial charge in [0.15, 0.2) is 11.6 Å². The minimum absolute atomic E-state index is 0.0654. The predicted octanol–water partition coefficient (Wildman–Crippen LogP) is 1.75. The summed E-state index contributed by atoms with van der Waals surface area (Å²) in [4.78, 5) is 0. The van der Waals surface area contributed by atoms with Gasteiger partial charge in [0.1, 0.15) is 0 Å². The van der Waals surface area contributed by atoms with Crippen molar-refractivity contribution in [3.8, 4) is 0 Å². The quantitative estimate of drug-likeness (QED) is 0.586. The normalized spacial score (nSPS) is 10.3. The van der Waals surface area contributed by atoms with Gasteiger partial charge < -0.3 is 11.5 Å². The summed E-state index contributed by atoms with van der Waals surface area (Å²) in [5, 5.41) is 0. The summed E-state index contributed by atoms with van der Waals surface area (Å²) in [6.07, 6.45) is 0. The van der Waals surface area contributed by atoms with Crippen LogP contribution in [0.2, 0.25) is 0 Å². The van der Waals surface area contributed by atoms with Crippen LogP contribution in [0.5, 0.6) is 0 Å². The predicted molar refractivity (Wildman–Crippen MR) is 44.7 cm³/mol. The van der Waals surface area contributed by atoms with Crippen LogP contribution in [0, 0.1) is 25.5 Å². The molecular weight excluding hydrogens is 162 g/mol. The first-order valence-electron chi connectivity index (χ1n) is 3.46. The van der Waals surface area contributed by atoms with E-state index in [0.717, 1.165) is 0 Å². The Balaban J connectivity index is 3.60. The summed E-state index contributed by atoms with van der Waals surface area (Å²) in [5.74, 6) is -1.27. The molecule has 1 aromatic rings. The zero-order chi connectivity index (χ0) is 9.46. The fourth-order valence-corrected chi connectivity index (χ4v) is 0.970. The molecule has 0 aromatic heterocycles. The first-order chi connectivity index (χ1) is 5.46. The second-order valence-corrected chi connectivity index (χ2v) is 2.71. The number of rotatable bonds is 0. The van der Waals surface area contributed by atoms with Crippen LogP contribution in [0.15, 0.2) is 0 Å². The van der Waals surface area contributed by atoms with E-state index < -0.39 is 11.6 Å². The number of benzene rings is 1. The van der Waals surface area contributed by atoms with Crippen molar-refractivity contribution in [2.45, 2.75) is 13.8 Å². The third kappa shape index (κ3) is 0.995. The summed E-state index contributed by atoms with van der Waals surface area (Å²) < 4.78 is 26.1. The highest BCUT2D eigenvalue weighted by molar-refractivity contribution is 5.61. The van der Waals surface area contributed by atoms with Crippen LogP contribution in [0.25, 0.3) is 0 Å². The maximum atomic E-state index is 13.1. The lowest BCUT2D eigenvalue weighted by Gasteiger charge is -2.09. The molecule has 0 aliphatic heterocycles. The number of nitrogen functional groups attached to an aromatic ring is 2. The molecule has 0 fully saturated rings. The third-order valence-corrected chi connectivity index (χ3v) is 1.94. The van der Waals surface area contributed by atoms with Gasteiger partial charge in [-0.3, -0.25) is 0 Å². The first kappa shape index (κ1) is 8.77. The van der Waals surface area contributed by atoms with Gasteiger partial charge in [-0.15, -0.1) is 0 Å². The average molecular weight is 172 g/mol. The van der Waals surface area contributed by atoms with Crippen molar-refractivity contribution in [2.75, 3.05) is 11.5 Å². The highest BCUT2D eigenvalue weighted by atomic mass is 19.1. The molecule has 0 bridgehead atoms. The lowest BCUT2D eigenvalue weighted by Crippen LogP contribution is -2.05. The van der Waals surface area contributed by atoms with Crippen molar-refractivity contribution in [3.63, 3.8) is 0 Å². The SMILES string of the molecule is Cc1c(N)c(F)c(C)c(N)c1F. The molecule has 4 heteroatoms. The monoisotopic (exact) mass is 172 g/mol. The Morgan fingerprint density at radius 3 is 1.33 bits per heavy atom. The molecule has 0 heterocycles. The minimum Gasteiger partial charge on any atom is -0.396 e. The third-order valence-electron chi connectivity index (χ3n) is 1.94. The molecule has 0 unspecified atom stereocenters. The minimum atomic E-state index is -0.633. The molecule has 0 aliphatic rings. The van der Waals surface area contributed by atoms with Crippen molar-refractivity contribution in [1.29, 1.82) is 0 Å². The molecule has 0 radical (unpaired) electrons. The van der Waals surface area contributed by atoms with Crippen LogP contribution in [0.3, 0.4) is 0 Å². The van der Waals surface area contributed by atoms with Gasteiger partial charge in [0, 0.05) is 11.1 Å². The van der Waals surface area contributed by atoms with Crippen LogP contribution in [0.4, 0.5) is 20.2 Å². The summed E-state index contributed by atoms with van der Waals surface area (Å²) in [7, 11) is 0. The molecule has 0 spiro atoms. The largest absolute Gasteiger partial charge is 0.396 e. The summed E-state index contributed by atoms with van der Waals surface area (Å²) in [6.45, 7) is 2.78. The van der Waals surface area contributed by atoms with Crippen LogP contribution in [-0.4, -0.2) is 0 Å². The van der Waals surface area contributed by atoms with E-state index in [1.54, 1.807) is 0 Å². The topological polar surface area (TPSA) is 52.0 Å². The lowest BCUT2D eigenvalue weighted by molar-refractivity contribution is 0.594. The maximum Gasteiger partial charge on any atom is 0.151 e.